The molecule has 0 saturated carbocycles. The van der Waals surface area contributed by atoms with Gasteiger partial charge in [-0.1, -0.05) is 0 Å². The van der Waals surface area contributed by atoms with Crippen LogP contribution in [0.3, 0.4) is 0 Å². The van der Waals surface area contributed by atoms with Crippen LogP contribution in [-0.2, 0) is 27.2 Å². The fourth-order valence-electron chi connectivity index (χ4n) is 4.95. The molecule has 0 N–H and O–H groups in total. The van der Waals surface area contributed by atoms with Gasteiger partial charge in [0.2, 0.25) is 0 Å². The van der Waals surface area contributed by atoms with Crippen molar-refractivity contribution in [1.29, 1.82) is 0 Å². The SMILES string of the molecule is Cc1cc(C)c([N]([Ti+2])Cc2c(C3=C(CN(C)C)C=CC3)ccc3ccccc23)c(C)c1.[Cl-].[Cl-]. The van der Waals surface area contributed by atoms with Crippen molar-refractivity contribution in [1.82, 2.24) is 4.90 Å². The van der Waals surface area contributed by atoms with Crippen LogP contribution in [0.2, 0.25) is 0 Å². The minimum Gasteiger partial charge on any atom is -1.00 e. The van der Waals surface area contributed by atoms with E-state index in [1.807, 2.05) is 0 Å². The Bertz CT molecular complexity index is 1170. The normalized spacial score (nSPS) is 12.8. The topological polar surface area (TPSA) is 6.48 Å². The van der Waals surface area contributed by atoms with Crippen LogP contribution in [0.5, 0.6) is 0 Å². The molecule has 0 atom stereocenters. The van der Waals surface area contributed by atoms with Crippen LogP contribution in [0, 0.1) is 20.8 Å². The van der Waals surface area contributed by atoms with E-state index in [9.17, 15) is 0 Å². The first-order valence-corrected chi connectivity index (χ1v) is 11.7. The van der Waals surface area contributed by atoms with Gasteiger partial charge in [0.1, 0.15) is 0 Å². The van der Waals surface area contributed by atoms with Crippen molar-refractivity contribution in [2.75, 3.05) is 24.0 Å². The second kappa shape index (κ2) is 11.7. The summed E-state index contributed by atoms with van der Waals surface area (Å²) < 4.78 is 2.43. The number of halogens is 2. The average molecular weight is 514 g/mol. The fraction of sp³-hybridized carbons (Fsp3) is 0.286. The van der Waals surface area contributed by atoms with E-state index in [1.54, 1.807) is 0 Å². The van der Waals surface area contributed by atoms with E-state index < -0.39 is 0 Å². The summed E-state index contributed by atoms with van der Waals surface area (Å²) in [5.74, 6) is 0. The summed E-state index contributed by atoms with van der Waals surface area (Å²) in [4.78, 5) is 2.26. The summed E-state index contributed by atoms with van der Waals surface area (Å²) in [5.41, 5.74) is 11.1. The Morgan fingerprint density at radius 3 is 2.21 bits per heavy atom. The predicted octanol–water partition coefficient (Wildman–Crippen LogP) is 0.517. The summed E-state index contributed by atoms with van der Waals surface area (Å²) in [6, 6.07) is 18.0. The van der Waals surface area contributed by atoms with Gasteiger partial charge >= 0.3 is 199 Å². The number of anilines is 1. The van der Waals surface area contributed by atoms with Gasteiger partial charge < -0.3 is 24.8 Å². The summed E-state index contributed by atoms with van der Waals surface area (Å²) in [5, 5.41) is 2.67. The standard InChI is InChI=1S/C28H31N2.2ClH.Ti/c1-19-15-20(2)28(21(3)16-19)29-17-27-24-11-7-6-9-22(24)13-14-26(27)25-12-8-10-23(25)18-30(4)5;;;/h6-11,13-16H,12,17-18H2,1-5H3;2*1H;/q-1;;;+3/p-2. The fourth-order valence-corrected chi connectivity index (χ4v) is 5.74. The molecule has 0 radical (unpaired) electrons. The molecule has 3 aromatic rings. The minimum absolute atomic E-state index is 0. The molecule has 0 aliphatic heterocycles. The smallest absolute Gasteiger partial charge is 1.00 e. The number of benzene rings is 3. The van der Waals surface area contributed by atoms with E-state index in [0.29, 0.717) is 0 Å². The molecule has 0 saturated heterocycles. The second-order valence-corrected chi connectivity index (χ2v) is 9.84. The molecule has 0 unspecified atom stereocenters. The Labute approximate surface area is 223 Å². The summed E-state index contributed by atoms with van der Waals surface area (Å²) >= 11 is 2.23. The van der Waals surface area contributed by atoms with Crippen LogP contribution in [0.1, 0.15) is 34.2 Å². The molecule has 1 aliphatic carbocycles. The molecular weight excluding hydrogens is 483 g/mol. The van der Waals surface area contributed by atoms with Crippen LogP contribution in [0.4, 0.5) is 5.69 Å². The summed E-state index contributed by atoms with van der Waals surface area (Å²) in [6.07, 6.45) is 5.64. The van der Waals surface area contributed by atoms with Crippen LogP contribution >= 0.6 is 0 Å². The zero-order chi connectivity index (χ0) is 22.1. The van der Waals surface area contributed by atoms with E-state index in [4.69, 9.17) is 0 Å². The summed E-state index contributed by atoms with van der Waals surface area (Å²) in [7, 11) is 4.30. The molecule has 0 spiro atoms. The van der Waals surface area contributed by atoms with Crippen molar-refractivity contribution in [3.63, 3.8) is 0 Å². The first kappa shape index (κ1) is 27.7. The quantitative estimate of drug-likeness (QED) is 0.443. The second-order valence-electron chi connectivity index (χ2n) is 8.99. The van der Waals surface area contributed by atoms with E-state index in [1.165, 1.54) is 55.4 Å². The molecule has 0 amide bonds. The number of hydrogen-bond acceptors (Lipinski definition) is 2. The molecule has 0 fully saturated rings. The zero-order valence-corrected chi connectivity index (χ0v) is 23.1. The third kappa shape index (κ3) is 5.94. The molecule has 0 aromatic heterocycles. The van der Waals surface area contributed by atoms with Gasteiger partial charge in [0.05, 0.1) is 0 Å². The monoisotopic (exact) mass is 513 g/mol. The van der Waals surface area contributed by atoms with E-state index >= 15 is 0 Å². The Morgan fingerprint density at radius 2 is 1.55 bits per heavy atom. The summed E-state index contributed by atoms with van der Waals surface area (Å²) in [6.45, 7) is 8.51. The Morgan fingerprint density at radius 1 is 0.879 bits per heavy atom. The van der Waals surface area contributed by atoms with Crippen molar-refractivity contribution in [2.24, 2.45) is 0 Å². The van der Waals surface area contributed by atoms with Crippen LogP contribution in [0.25, 0.3) is 16.3 Å². The molecule has 171 valence electrons. The number of nitrogens with zero attached hydrogens (tertiary/aromatic N) is 2. The van der Waals surface area contributed by atoms with Crippen molar-refractivity contribution in [2.45, 2.75) is 33.7 Å². The van der Waals surface area contributed by atoms with Gasteiger partial charge in [-0.25, -0.2) is 0 Å². The number of fused-ring (bicyclic) bond motifs is 1. The number of likely N-dealkylation sites (N-methyl/N-ethyl adjacent to an activating group) is 1. The average Bonchev–Trinajstić information content (AvgIpc) is 3.14. The molecule has 1 aliphatic rings. The molecule has 33 heavy (non-hydrogen) atoms. The van der Waals surface area contributed by atoms with Gasteiger partial charge in [0.25, 0.3) is 0 Å². The number of aryl methyl sites for hydroxylation is 3. The molecule has 4 rings (SSSR count). The molecule has 2 nitrogen and oxygen atoms in total. The van der Waals surface area contributed by atoms with Crippen LogP contribution in [-0.4, -0.2) is 25.5 Å². The predicted molar refractivity (Wildman–Crippen MR) is 130 cm³/mol. The maximum atomic E-state index is 2.43. The number of allylic oxidation sites excluding steroid dienone is 2. The Kier molecular flexibility index (Phi) is 9.85. The maximum absolute atomic E-state index is 2.43. The van der Waals surface area contributed by atoms with Gasteiger partial charge in [-0.15, -0.1) is 0 Å². The van der Waals surface area contributed by atoms with Gasteiger partial charge in [-0.05, 0) is 0 Å². The van der Waals surface area contributed by atoms with Crippen molar-refractivity contribution < 1.29 is 45.5 Å². The first-order chi connectivity index (χ1) is 14.8. The van der Waals surface area contributed by atoms with Gasteiger partial charge in [-0.2, -0.15) is 0 Å². The van der Waals surface area contributed by atoms with E-state index in [0.717, 1.165) is 19.5 Å². The number of rotatable bonds is 6. The molecule has 3 aromatic carbocycles. The van der Waals surface area contributed by atoms with Gasteiger partial charge in [-0.3, -0.25) is 0 Å². The van der Waals surface area contributed by atoms with Crippen LogP contribution < -0.4 is 28.2 Å². The van der Waals surface area contributed by atoms with Crippen molar-refractivity contribution >= 4 is 22.0 Å². The maximum Gasteiger partial charge on any atom is -1.00 e. The van der Waals surface area contributed by atoms with Crippen molar-refractivity contribution in [3.05, 3.63) is 94.1 Å². The largest absolute Gasteiger partial charge is 1.00 e. The molecule has 0 bridgehead atoms. The van der Waals surface area contributed by atoms with Gasteiger partial charge in [0, 0.05) is 0 Å². The molecule has 5 heteroatoms. The Balaban J connectivity index is 0.00000193. The van der Waals surface area contributed by atoms with E-state index in [2.05, 4.69) is 125 Å². The minimum atomic E-state index is 0. The molecular formula is C28H31Cl2N2Ti. The van der Waals surface area contributed by atoms with Crippen LogP contribution in [0.15, 0.2) is 66.3 Å². The number of hydrogen-bond donors (Lipinski definition) is 0. The van der Waals surface area contributed by atoms with Gasteiger partial charge in [0.15, 0.2) is 0 Å². The third-order valence-corrected chi connectivity index (χ3v) is 6.70. The Hall–Kier alpha value is -1.55. The third-order valence-electron chi connectivity index (χ3n) is 6.10. The molecule has 0 heterocycles. The zero-order valence-electron chi connectivity index (χ0n) is 20.0. The first-order valence-electron chi connectivity index (χ1n) is 11.0. The van der Waals surface area contributed by atoms with Crippen molar-refractivity contribution in [3.8, 4) is 0 Å². The van der Waals surface area contributed by atoms with E-state index in [-0.39, 0.29) is 24.8 Å².